The van der Waals surface area contributed by atoms with Crippen molar-refractivity contribution >= 4 is 11.7 Å². The van der Waals surface area contributed by atoms with Crippen LogP contribution in [0.15, 0.2) is 18.2 Å². The summed E-state index contributed by atoms with van der Waals surface area (Å²) < 4.78 is 5.01. The van der Waals surface area contributed by atoms with Gasteiger partial charge in [0.25, 0.3) is 5.09 Å². The molecular formula is C13H18N2O6. The van der Waals surface area contributed by atoms with E-state index in [1.807, 2.05) is 0 Å². The molecule has 0 aliphatic carbocycles. The van der Waals surface area contributed by atoms with Gasteiger partial charge in [0, 0.05) is 6.42 Å². The van der Waals surface area contributed by atoms with Crippen LogP contribution >= 0.6 is 0 Å². The molecule has 116 valence electrons. The second kappa shape index (κ2) is 8.62. The molecule has 0 spiro atoms. The Morgan fingerprint density at radius 1 is 1.29 bits per heavy atom. The number of rotatable bonds is 9. The molecule has 0 atom stereocenters. The lowest BCUT2D eigenvalue weighted by atomic mass is 10.1. The second-order valence-electron chi connectivity index (χ2n) is 4.39. The van der Waals surface area contributed by atoms with Crippen LogP contribution in [0.4, 0.5) is 5.69 Å². The number of carbonyl (C=O) groups is 1. The molecule has 0 aromatic heterocycles. The third-order valence-corrected chi connectivity index (χ3v) is 2.71. The Hall–Kier alpha value is -2.51. The molecule has 0 bridgehead atoms. The zero-order valence-corrected chi connectivity index (χ0v) is 11.5. The van der Waals surface area contributed by atoms with Crippen LogP contribution in [0.2, 0.25) is 0 Å². The Bertz CT molecular complexity index is 471. The van der Waals surface area contributed by atoms with Crippen molar-refractivity contribution in [3.05, 3.63) is 28.3 Å². The second-order valence-corrected chi connectivity index (χ2v) is 4.39. The zero-order chi connectivity index (χ0) is 15.7. The van der Waals surface area contributed by atoms with Gasteiger partial charge >= 0.3 is 5.97 Å². The molecule has 0 aliphatic heterocycles. The van der Waals surface area contributed by atoms with E-state index >= 15 is 0 Å². The summed E-state index contributed by atoms with van der Waals surface area (Å²) in [4.78, 5) is 25.7. The third kappa shape index (κ3) is 6.46. The number of aromatic hydroxyl groups is 1. The van der Waals surface area contributed by atoms with Crippen molar-refractivity contribution in [2.24, 2.45) is 0 Å². The van der Waals surface area contributed by atoms with Gasteiger partial charge in [-0.3, -0.25) is 4.79 Å². The summed E-state index contributed by atoms with van der Waals surface area (Å²) in [6.45, 7) is 0.0614. The van der Waals surface area contributed by atoms with Gasteiger partial charge in [-0.1, -0.05) is 18.9 Å². The highest BCUT2D eigenvalue weighted by atomic mass is 16.9. The minimum absolute atomic E-state index is 0.0260. The predicted molar refractivity (Wildman–Crippen MR) is 74.2 cm³/mol. The van der Waals surface area contributed by atoms with Gasteiger partial charge in [0.2, 0.25) is 0 Å². The highest BCUT2D eigenvalue weighted by Crippen LogP contribution is 2.32. The molecule has 0 heterocycles. The van der Waals surface area contributed by atoms with Crippen molar-refractivity contribution < 1.29 is 24.6 Å². The number of unbranched alkanes of at least 4 members (excludes halogenated alkanes) is 3. The molecular weight excluding hydrogens is 280 g/mol. The summed E-state index contributed by atoms with van der Waals surface area (Å²) in [7, 11) is 0. The molecule has 0 aliphatic rings. The summed E-state index contributed by atoms with van der Waals surface area (Å²) in [5, 5.41) is 18.6. The monoisotopic (exact) mass is 298 g/mol. The van der Waals surface area contributed by atoms with Crippen LogP contribution in [0.1, 0.15) is 32.1 Å². The van der Waals surface area contributed by atoms with Crippen molar-refractivity contribution in [1.29, 1.82) is 0 Å². The fraction of sp³-hybridized carbons (Fsp3) is 0.462. The quantitative estimate of drug-likeness (QED) is 0.178. The van der Waals surface area contributed by atoms with Crippen LogP contribution in [0, 0.1) is 10.1 Å². The molecule has 3 N–H and O–H groups in total. The number of nitrogen functional groups attached to an aromatic ring is 1. The number of anilines is 1. The number of phenols is 1. The van der Waals surface area contributed by atoms with Crippen molar-refractivity contribution in [1.82, 2.24) is 0 Å². The smallest absolute Gasteiger partial charge is 0.311 e. The van der Waals surface area contributed by atoms with Gasteiger partial charge in [-0.2, -0.15) is 0 Å². The van der Waals surface area contributed by atoms with Crippen LogP contribution < -0.4 is 10.5 Å². The highest BCUT2D eigenvalue weighted by molar-refractivity contribution is 5.76. The molecule has 0 radical (unpaired) electrons. The fourth-order valence-electron chi connectivity index (χ4n) is 1.68. The molecule has 0 saturated heterocycles. The fourth-order valence-corrected chi connectivity index (χ4v) is 1.68. The Kier molecular flexibility index (Phi) is 6.79. The van der Waals surface area contributed by atoms with E-state index in [0.717, 1.165) is 12.8 Å². The van der Waals surface area contributed by atoms with E-state index in [9.17, 15) is 20.0 Å². The number of phenolic OH excluding ortho intramolecular Hbond substituents is 1. The van der Waals surface area contributed by atoms with Gasteiger partial charge in [0.05, 0.1) is 12.3 Å². The maximum absolute atomic E-state index is 11.6. The molecule has 0 amide bonds. The third-order valence-electron chi connectivity index (χ3n) is 2.71. The van der Waals surface area contributed by atoms with Gasteiger partial charge in [-0.15, -0.1) is 10.1 Å². The number of nitrogens with zero attached hydrogens (tertiary/aromatic N) is 1. The lowest BCUT2D eigenvalue weighted by Crippen LogP contribution is -2.09. The van der Waals surface area contributed by atoms with Crippen molar-refractivity contribution in [3.63, 3.8) is 0 Å². The number of esters is 1. The average molecular weight is 298 g/mol. The highest BCUT2D eigenvalue weighted by Gasteiger charge is 2.11. The van der Waals surface area contributed by atoms with Gasteiger partial charge in [-0.05, 0) is 25.0 Å². The number of ether oxygens (including phenoxy) is 1. The SMILES string of the molecule is Nc1cccc(O)c1OC(=O)CCCCCCO[N+](=O)[O-]. The lowest BCUT2D eigenvalue weighted by Gasteiger charge is -2.08. The first kappa shape index (κ1) is 16.5. The maximum atomic E-state index is 11.6. The molecule has 21 heavy (non-hydrogen) atoms. The Morgan fingerprint density at radius 3 is 2.67 bits per heavy atom. The zero-order valence-electron chi connectivity index (χ0n) is 11.5. The summed E-state index contributed by atoms with van der Waals surface area (Å²) in [6.07, 6.45) is 2.78. The lowest BCUT2D eigenvalue weighted by molar-refractivity contribution is -0.757. The van der Waals surface area contributed by atoms with Crippen LogP contribution in [-0.2, 0) is 9.63 Å². The first-order valence-electron chi connectivity index (χ1n) is 6.56. The molecule has 1 aromatic carbocycles. The van der Waals surface area contributed by atoms with E-state index in [4.69, 9.17) is 10.5 Å². The van der Waals surface area contributed by atoms with E-state index in [1.165, 1.54) is 12.1 Å². The number of nitrogens with two attached hydrogens (primary N) is 1. The number of carbonyl (C=O) groups excluding carboxylic acids is 1. The van der Waals surface area contributed by atoms with Crippen molar-refractivity contribution in [3.8, 4) is 11.5 Å². The minimum Gasteiger partial charge on any atom is -0.504 e. The summed E-state index contributed by atoms with van der Waals surface area (Å²) in [5.41, 5.74) is 5.79. The van der Waals surface area contributed by atoms with E-state index in [1.54, 1.807) is 6.07 Å². The van der Waals surface area contributed by atoms with Crippen LogP contribution in [-0.4, -0.2) is 22.8 Å². The standard InChI is InChI=1S/C13H18N2O6/c14-10-6-5-7-11(16)13(10)21-12(17)8-3-1-2-4-9-20-15(18)19/h5-7,16H,1-4,8-9,14H2. The topological polar surface area (TPSA) is 125 Å². The molecule has 1 rings (SSSR count). The van der Waals surface area contributed by atoms with Gasteiger partial charge in [0.1, 0.15) is 0 Å². The van der Waals surface area contributed by atoms with Crippen LogP contribution in [0.5, 0.6) is 11.5 Å². The maximum Gasteiger partial charge on any atom is 0.311 e. The molecule has 8 nitrogen and oxygen atoms in total. The van der Waals surface area contributed by atoms with E-state index in [0.29, 0.717) is 12.8 Å². The van der Waals surface area contributed by atoms with Crippen molar-refractivity contribution in [2.45, 2.75) is 32.1 Å². The minimum atomic E-state index is -0.825. The Labute approximate surface area is 121 Å². The summed E-state index contributed by atoms with van der Waals surface area (Å²) in [6, 6.07) is 4.46. The molecule has 0 fully saturated rings. The first-order chi connectivity index (χ1) is 10.0. The van der Waals surface area contributed by atoms with Gasteiger partial charge in [-0.25, -0.2) is 0 Å². The normalized spacial score (nSPS) is 10.1. The van der Waals surface area contributed by atoms with E-state index in [2.05, 4.69) is 4.84 Å². The predicted octanol–water partition coefficient (Wildman–Crippen LogP) is 2.04. The Morgan fingerprint density at radius 2 is 2.00 bits per heavy atom. The first-order valence-corrected chi connectivity index (χ1v) is 6.56. The number of benzene rings is 1. The van der Waals surface area contributed by atoms with Crippen molar-refractivity contribution in [2.75, 3.05) is 12.3 Å². The largest absolute Gasteiger partial charge is 0.504 e. The van der Waals surface area contributed by atoms with Crippen LogP contribution in [0.3, 0.4) is 0 Å². The number of hydrogen-bond donors (Lipinski definition) is 2. The number of hydrogen-bond acceptors (Lipinski definition) is 7. The van der Waals surface area contributed by atoms with Crippen LogP contribution in [0.25, 0.3) is 0 Å². The van der Waals surface area contributed by atoms with Gasteiger partial charge in [0.15, 0.2) is 11.5 Å². The molecule has 0 unspecified atom stereocenters. The Balaban J connectivity index is 2.19. The molecule has 0 saturated carbocycles. The molecule has 1 aromatic rings. The molecule has 8 heteroatoms. The van der Waals surface area contributed by atoms with Gasteiger partial charge < -0.3 is 20.4 Å². The number of para-hydroxylation sites is 1. The summed E-state index contributed by atoms with van der Waals surface area (Å²) in [5.74, 6) is -0.688. The average Bonchev–Trinajstić information content (AvgIpc) is 2.41. The van der Waals surface area contributed by atoms with E-state index in [-0.39, 0.29) is 30.2 Å². The van der Waals surface area contributed by atoms with E-state index < -0.39 is 11.1 Å². The summed E-state index contributed by atoms with van der Waals surface area (Å²) >= 11 is 0.